The van der Waals surface area contributed by atoms with Crippen LogP contribution in [-0.4, -0.2) is 57.0 Å². The van der Waals surface area contributed by atoms with Gasteiger partial charge < -0.3 is 25.8 Å². The molecule has 0 aromatic rings. The molecule has 0 unspecified atom stereocenters. The molecule has 0 aliphatic carbocycles. The Kier molecular flexibility index (Phi) is 9.58. The van der Waals surface area contributed by atoms with Gasteiger partial charge in [-0.1, -0.05) is 0 Å². The molecule has 0 heterocycles. The molecule has 0 saturated heterocycles. The molecule has 1 amide bonds. The molecule has 0 aliphatic heterocycles. The zero-order valence-corrected chi connectivity index (χ0v) is 9.41. The molecule has 0 spiro atoms. The number of carboxylic acid groups (broad SMARTS) is 1. The van der Waals surface area contributed by atoms with Gasteiger partial charge in [-0.15, -0.1) is 0 Å². The summed E-state index contributed by atoms with van der Waals surface area (Å²) in [5.41, 5.74) is 0. The predicted octanol–water partition coefficient (Wildman–Crippen LogP) is -1.64. The van der Waals surface area contributed by atoms with Crippen molar-refractivity contribution in [2.45, 2.75) is 6.42 Å². The molecule has 0 atom stereocenters. The molecule has 0 fully saturated rings. The van der Waals surface area contributed by atoms with E-state index in [2.05, 4.69) is 16.0 Å². The van der Waals surface area contributed by atoms with Crippen LogP contribution in [0.2, 0.25) is 0 Å². The first-order chi connectivity index (χ1) is 7.66. The maximum Gasteiger partial charge on any atom is 0.312 e. The van der Waals surface area contributed by atoms with E-state index in [0.29, 0.717) is 19.8 Å². The molecule has 0 aliphatic rings. The fourth-order valence-corrected chi connectivity index (χ4v) is 0.922. The Morgan fingerprint density at radius 1 is 1.25 bits per heavy atom. The van der Waals surface area contributed by atoms with Crippen LogP contribution in [-0.2, 0) is 14.3 Å². The highest BCUT2D eigenvalue weighted by molar-refractivity contribution is 5.93. The third kappa shape index (κ3) is 10.9. The summed E-state index contributed by atoms with van der Waals surface area (Å²) in [5.74, 6) is -1.63. The lowest BCUT2D eigenvalue weighted by atomic mass is 10.4. The summed E-state index contributed by atoms with van der Waals surface area (Å²) in [6, 6.07) is 0. The van der Waals surface area contributed by atoms with Crippen molar-refractivity contribution in [2.24, 2.45) is 0 Å². The minimum Gasteiger partial charge on any atom is -0.481 e. The average molecular weight is 233 g/mol. The standard InChI is InChI=1S/C9H19N3O4/c1-10-7-11-2-4-16-5-3-12-8(13)6-9(14)15/h10-11H,2-7H2,1H3,(H,12,13)(H,14,15). The van der Waals surface area contributed by atoms with Gasteiger partial charge in [0.15, 0.2) is 0 Å². The van der Waals surface area contributed by atoms with Crippen molar-refractivity contribution in [1.29, 1.82) is 0 Å². The van der Waals surface area contributed by atoms with Crippen LogP contribution < -0.4 is 16.0 Å². The monoisotopic (exact) mass is 233 g/mol. The fourth-order valence-electron chi connectivity index (χ4n) is 0.922. The van der Waals surface area contributed by atoms with E-state index in [4.69, 9.17) is 9.84 Å². The number of aliphatic carboxylic acids is 1. The van der Waals surface area contributed by atoms with Gasteiger partial charge >= 0.3 is 5.97 Å². The molecule has 16 heavy (non-hydrogen) atoms. The van der Waals surface area contributed by atoms with Gasteiger partial charge in [0.2, 0.25) is 5.91 Å². The van der Waals surface area contributed by atoms with Crippen molar-refractivity contribution in [3.05, 3.63) is 0 Å². The van der Waals surface area contributed by atoms with Gasteiger partial charge in [0.05, 0.1) is 13.2 Å². The minimum absolute atomic E-state index is 0.331. The lowest BCUT2D eigenvalue weighted by Gasteiger charge is -2.06. The molecule has 94 valence electrons. The minimum atomic E-state index is -1.13. The summed E-state index contributed by atoms with van der Waals surface area (Å²) in [7, 11) is 1.84. The first kappa shape index (κ1) is 14.8. The van der Waals surface area contributed by atoms with Gasteiger partial charge in [-0.2, -0.15) is 0 Å². The predicted molar refractivity (Wildman–Crippen MR) is 58.0 cm³/mol. The first-order valence-electron chi connectivity index (χ1n) is 5.08. The molecule has 0 radical (unpaired) electrons. The molecule has 0 rings (SSSR count). The zero-order valence-electron chi connectivity index (χ0n) is 9.41. The van der Waals surface area contributed by atoms with E-state index in [-0.39, 0.29) is 0 Å². The van der Waals surface area contributed by atoms with E-state index in [1.807, 2.05) is 7.05 Å². The highest BCUT2D eigenvalue weighted by Crippen LogP contribution is 1.79. The normalized spacial score (nSPS) is 10.1. The highest BCUT2D eigenvalue weighted by atomic mass is 16.5. The van der Waals surface area contributed by atoms with E-state index >= 15 is 0 Å². The quantitative estimate of drug-likeness (QED) is 0.205. The molecule has 7 nitrogen and oxygen atoms in total. The van der Waals surface area contributed by atoms with Gasteiger partial charge in [-0.25, -0.2) is 0 Å². The number of carbonyl (C=O) groups excluding carboxylic acids is 1. The van der Waals surface area contributed by atoms with Crippen molar-refractivity contribution in [3.63, 3.8) is 0 Å². The van der Waals surface area contributed by atoms with Crippen LogP contribution in [0.4, 0.5) is 0 Å². The van der Waals surface area contributed by atoms with Crippen molar-refractivity contribution in [1.82, 2.24) is 16.0 Å². The van der Waals surface area contributed by atoms with Gasteiger partial charge in [-0.05, 0) is 7.05 Å². The van der Waals surface area contributed by atoms with Crippen LogP contribution in [0.1, 0.15) is 6.42 Å². The highest BCUT2D eigenvalue weighted by Gasteiger charge is 2.05. The summed E-state index contributed by atoms with van der Waals surface area (Å²) < 4.78 is 5.18. The van der Waals surface area contributed by atoms with Crippen LogP contribution in [0.3, 0.4) is 0 Å². The first-order valence-corrected chi connectivity index (χ1v) is 5.08. The molecule has 0 aromatic carbocycles. The number of rotatable bonds is 10. The van der Waals surface area contributed by atoms with Crippen LogP contribution in [0.5, 0.6) is 0 Å². The van der Waals surface area contributed by atoms with E-state index in [0.717, 1.165) is 13.2 Å². The van der Waals surface area contributed by atoms with Crippen LogP contribution in [0, 0.1) is 0 Å². The molecule has 0 bridgehead atoms. The second-order valence-electron chi connectivity index (χ2n) is 3.06. The van der Waals surface area contributed by atoms with Crippen molar-refractivity contribution < 1.29 is 19.4 Å². The lowest BCUT2D eigenvalue weighted by Crippen LogP contribution is -2.31. The topological polar surface area (TPSA) is 99.7 Å². The summed E-state index contributed by atoms with van der Waals surface area (Å²) >= 11 is 0. The summed E-state index contributed by atoms with van der Waals surface area (Å²) in [6.45, 7) is 2.71. The molecule has 7 heteroatoms. The molecular formula is C9H19N3O4. The Bertz CT molecular complexity index is 211. The second kappa shape index (κ2) is 10.3. The Labute approximate surface area is 94.5 Å². The second-order valence-corrected chi connectivity index (χ2v) is 3.06. The Balaban J connectivity index is 3.14. The summed E-state index contributed by atoms with van der Waals surface area (Å²) in [4.78, 5) is 21.0. The van der Waals surface area contributed by atoms with E-state index in [1.54, 1.807) is 0 Å². The molecule has 4 N–H and O–H groups in total. The maximum absolute atomic E-state index is 10.9. The van der Waals surface area contributed by atoms with Gasteiger partial charge in [-0.3, -0.25) is 9.59 Å². The van der Waals surface area contributed by atoms with Gasteiger partial charge in [0, 0.05) is 19.8 Å². The fraction of sp³-hybridized carbons (Fsp3) is 0.778. The number of carboxylic acids is 1. The summed E-state index contributed by atoms with van der Waals surface area (Å²) in [5, 5.41) is 16.7. The molecular weight excluding hydrogens is 214 g/mol. The molecule has 0 saturated carbocycles. The largest absolute Gasteiger partial charge is 0.481 e. The van der Waals surface area contributed by atoms with Crippen LogP contribution in [0.25, 0.3) is 0 Å². The third-order valence-corrected chi connectivity index (χ3v) is 1.61. The van der Waals surface area contributed by atoms with Crippen molar-refractivity contribution in [3.8, 4) is 0 Å². The number of hydrogen-bond donors (Lipinski definition) is 4. The zero-order chi connectivity index (χ0) is 12.2. The smallest absolute Gasteiger partial charge is 0.312 e. The Hall–Kier alpha value is -1.18. The van der Waals surface area contributed by atoms with Crippen molar-refractivity contribution >= 4 is 11.9 Å². The van der Waals surface area contributed by atoms with Crippen LogP contribution >= 0.6 is 0 Å². The van der Waals surface area contributed by atoms with Crippen LogP contribution in [0.15, 0.2) is 0 Å². The van der Waals surface area contributed by atoms with Gasteiger partial charge in [0.1, 0.15) is 6.42 Å². The summed E-state index contributed by atoms with van der Waals surface area (Å²) in [6.07, 6.45) is -0.496. The number of hydrogen-bond acceptors (Lipinski definition) is 5. The van der Waals surface area contributed by atoms with E-state index in [1.165, 1.54) is 0 Å². The van der Waals surface area contributed by atoms with Crippen molar-refractivity contribution in [2.75, 3.05) is 40.0 Å². The molecule has 0 aromatic heterocycles. The van der Waals surface area contributed by atoms with Gasteiger partial charge in [0.25, 0.3) is 0 Å². The van der Waals surface area contributed by atoms with E-state index < -0.39 is 18.3 Å². The third-order valence-electron chi connectivity index (χ3n) is 1.61. The number of amides is 1. The Morgan fingerprint density at radius 2 is 1.94 bits per heavy atom. The number of nitrogens with one attached hydrogen (secondary N) is 3. The number of carbonyl (C=O) groups is 2. The average Bonchev–Trinajstić information content (AvgIpc) is 2.21. The Morgan fingerprint density at radius 3 is 2.56 bits per heavy atom. The van der Waals surface area contributed by atoms with E-state index in [9.17, 15) is 9.59 Å². The lowest BCUT2D eigenvalue weighted by molar-refractivity contribution is -0.140. The number of ether oxygens (including phenoxy) is 1. The maximum atomic E-state index is 10.9. The SMILES string of the molecule is CNCNCCOCCNC(=O)CC(=O)O.